The maximum Gasteiger partial charge on any atom is 0.293 e. The zero-order valence-corrected chi connectivity index (χ0v) is 7.90. The second kappa shape index (κ2) is 3.81. The topological polar surface area (TPSA) is 56.0 Å². The molecule has 0 saturated heterocycles. The maximum absolute atomic E-state index is 10.5. The number of nitrogens with two attached hydrogens (primary N) is 1. The van der Waals surface area contributed by atoms with E-state index in [0.29, 0.717) is 0 Å². The van der Waals surface area contributed by atoms with Crippen LogP contribution in [0.1, 0.15) is 5.56 Å². The first-order valence-electron chi connectivity index (χ1n) is 4.42. The predicted molar refractivity (Wildman–Crippen MR) is 57.8 cm³/mol. The first kappa shape index (κ1) is 9.22. The van der Waals surface area contributed by atoms with Crippen LogP contribution in [-0.4, -0.2) is 10.9 Å². The first-order valence-corrected chi connectivity index (χ1v) is 4.42. The summed E-state index contributed by atoms with van der Waals surface area (Å²) in [5.41, 5.74) is 6.57. The van der Waals surface area contributed by atoms with E-state index >= 15 is 0 Å². The highest BCUT2D eigenvalue weighted by molar-refractivity contribution is 5.94. The van der Waals surface area contributed by atoms with E-state index in [1.165, 1.54) is 0 Å². The van der Waals surface area contributed by atoms with Crippen molar-refractivity contribution < 1.29 is 4.79 Å². The molecule has 72 valence electrons. The third-order valence-corrected chi connectivity index (χ3v) is 1.97. The zero-order valence-electron chi connectivity index (χ0n) is 7.90. The highest BCUT2D eigenvalue weighted by Gasteiger charge is 1.97. The molecular weight excluding hydrogens is 188 g/mol. The monoisotopic (exact) mass is 196 g/mol. The molecule has 2 N–H and O–H groups in total. The summed E-state index contributed by atoms with van der Waals surface area (Å²) in [6.07, 6.45) is 1.66. The van der Waals surface area contributed by atoms with Crippen molar-refractivity contribution in [2.75, 3.05) is 0 Å². The fourth-order valence-electron chi connectivity index (χ4n) is 1.33. The van der Waals surface area contributed by atoms with E-state index in [0.717, 1.165) is 16.5 Å². The molecule has 0 radical (unpaired) electrons. The van der Waals surface area contributed by atoms with Gasteiger partial charge >= 0.3 is 0 Å². The number of benzene rings is 1. The summed E-state index contributed by atoms with van der Waals surface area (Å²) in [6.45, 7) is 0. The number of rotatable bonds is 0. The highest BCUT2D eigenvalue weighted by Crippen LogP contribution is 2.14. The van der Waals surface area contributed by atoms with Crippen LogP contribution in [0.2, 0.25) is 0 Å². The van der Waals surface area contributed by atoms with Crippen molar-refractivity contribution in [1.29, 1.82) is 0 Å². The molecule has 1 aromatic heterocycles. The highest BCUT2D eigenvalue weighted by atomic mass is 16.1. The minimum absolute atomic E-state index is 0.629. The van der Waals surface area contributed by atoms with Gasteiger partial charge in [0, 0.05) is 23.1 Å². The zero-order chi connectivity index (χ0) is 10.7. The summed E-state index contributed by atoms with van der Waals surface area (Å²) in [7, 11) is 0. The van der Waals surface area contributed by atoms with Gasteiger partial charge in [0.15, 0.2) is 0 Å². The van der Waals surface area contributed by atoms with Crippen molar-refractivity contribution in [3.05, 3.63) is 42.1 Å². The molecule has 2 rings (SSSR count). The van der Waals surface area contributed by atoms with Crippen LogP contribution in [0.25, 0.3) is 10.9 Å². The van der Waals surface area contributed by atoms with Crippen molar-refractivity contribution in [3.8, 4) is 11.8 Å². The maximum atomic E-state index is 10.5. The van der Waals surface area contributed by atoms with Crippen molar-refractivity contribution in [3.63, 3.8) is 0 Å². The van der Waals surface area contributed by atoms with E-state index in [1.54, 1.807) is 12.3 Å². The average molecular weight is 196 g/mol. The number of hydrogen-bond donors (Lipinski definition) is 1. The number of hydrogen-bond acceptors (Lipinski definition) is 2. The lowest BCUT2D eigenvalue weighted by Crippen LogP contribution is -2.06. The van der Waals surface area contributed by atoms with Crippen LogP contribution in [-0.2, 0) is 4.79 Å². The number of aromatic nitrogens is 1. The first-order chi connectivity index (χ1) is 7.27. The summed E-state index contributed by atoms with van der Waals surface area (Å²) >= 11 is 0. The van der Waals surface area contributed by atoms with Crippen LogP contribution < -0.4 is 5.73 Å². The van der Waals surface area contributed by atoms with Gasteiger partial charge in [-0.05, 0) is 12.1 Å². The average Bonchev–Trinajstić information content (AvgIpc) is 2.26. The second-order valence-electron chi connectivity index (χ2n) is 2.99. The van der Waals surface area contributed by atoms with Gasteiger partial charge in [0.05, 0.1) is 5.52 Å². The molecule has 0 unspecified atom stereocenters. The molecule has 0 saturated carbocycles. The van der Waals surface area contributed by atoms with E-state index in [4.69, 9.17) is 5.73 Å². The van der Waals surface area contributed by atoms with Gasteiger partial charge in [0.25, 0.3) is 5.91 Å². The third-order valence-electron chi connectivity index (χ3n) is 1.97. The molecule has 1 amide bonds. The Kier molecular flexibility index (Phi) is 2.34. The fraction of sp³-hybridized carbons (Fsp3) is 0. The lowest BCUT2D eigenvalue weighted by Gasteiger charge is -1.97. The number of carbonyl (C=O) groups excluding carboxylic acids is 1. The van der Waals surface area contributed by atoms with E-state index < -0.39 is 5.91 Å². The summed E-state index contributed by atoms with van der Waals surface area (Å²) in [4.78, 5) is 14.7. The molecule has 0 bridgehead atoms. The van der Waals surface area contributed by atoms with Crippen LogP contribution in [0.3, 0.4) is 0 Å². The molecule has 1 heterocycles. The summed E-state index contributed by atoms with van der Waals surface area (Å²) in [5.74, 6) is 4.41. The molecule has 0 fully saturated rings. The van der Waals surface area contributed by atoms with Gasteiger partial charge in [-0.1, -0.05) is 24.1 Å². The van der Waals surface area contributed by atoms with Crippen LogP contribution in [0.15, 0.2) is 36.5 Å². The van der Waals surface area contributed by atoms with E-state index in [2.05, 4.69) is 16.8 Å². The quantitative estimate of drug-likeness (QED) is 0.641. The summed E-state index contributed by atoms with van der Waals surface area (Å²) in [6, 6.07) is 9.37. The number of para-hydroxylation sites is 1. The second-order valence-corrected chi connectivity index (χ2v) is 2.99. The summed E-state index contributed by atoms with van der Waals surface area (Å²) in [5, 5.41) is 0.925. The number of carbonyl (C=O) groups is 1. The van der Waals surface area contributed by atoms with Crippen molar-refractivity contribution in [1.82, 2.24) is 4.98 Å². The standard InChI is InChI=1S/C12H8N2O/c13-12(15)6-5-9-7-8-14-11-4-2-1-3-10(9)11/h1-4,7-8H,(H2,13,15). The van der Waals surface area contributed by atoms with Crippen LogP contribution in [0, 0.1) is 11.8 Å². The Balaban J connectivity index is 2.63. The van der Waals surface area contributed by atoms with Crippen molar-refractivity contribution in [2.45, 2.75) is 0 Å². The smallest absolute Gasteiger partial charge is 0.293 e. The van der Waals surface area contributed by atoms with Crippen LogP contribution in [0.4, 0.5) is 0 Å². The number of nitrogens with zero attached hydrogens (tertiary/aromatic N) is 1. The third kappa shape index (κ3) is 1.94. The Labute approximate surface area is 86.9 Å². The molecule has 1 aromatic carbocycles. The van der Waals surface area contributed by atoms with Gasteiger partial charge in [-0.2, -0.15) is 0 Å². The minimum atomic E-state index is -0.629. The molecule has 0 aliphatic rings. The molecule has 0 aliphatic carbocycles. The van der Waals surface area contributed by atoms with Gasteiger partial charge in [-0.25, -0.2) is 0 Å². The molecule has 3 nitrogen and oxygen atoms in total. The Morgan fingerprint density at radius 3 is 2.87 bits per heavy atom. The number of pyridine rings is 1. The number of fused-ring (bicyclic) bond motifs is 1. The van der Waals surface area contributed by atoms with Crippen molar-refractivity contribution in [2.24, 2.45) is 5.73 Å². The van der Waals surface area contributed by atoms with Crippen molar-refractivity contribution >= 4 is 16.8 Å². The van der Waals surface area contributed by atoms with Gasteiger partial charge in [0.1, 0.15) is 0 Å². The number of primary amides is 1. The molecular formula is C12H8N2O. The van der Waals surface area contributed by atoms with E-state index in [1.807, 2.05) is 24.3 Å². The molecule has 15 heavy (non-hydrogen) atoms. The normalized spacial score (nSPS) is 9.33. The Morgan fingerprint density at radius 1 is 1.27 bits per heavy atom. The minimum Gasteiger partial charge on any atom is -0.359 e. The molecule has 0 atom stereocenters. The number of amides is 1. The molecule has 0 aliphatic heterocycles. The van der Waals surface area contributed by atoms with Gasteiger partial charge < -0.3 is 5.73 Å². The van der Waals surface area contributed by atoms with Crippen LogP contribution in [0.5, 0.6) is 0 Å². The molecule has 3 heteroatoms. The van der Waals surface area contributed by atoms with E-state index in [-0.39, 0.29) is 0 Å². The lowest BCUT2D eigenvalue weighted by molar-refractivity contribution is -0.112. The Morgan fingerprint density at radius 2 is 2.07 bits per heavy atom. The largest absolute Gasteiger partial charge is 0.359 e. The SMILES string of the molecule is NC(=O)C#Cc1ccnc2ccccc12. The molecule has 0 spiro atoms. The van der Waals surface area contributed by atoms with Crippen LogP contribution >= 0.6 is 0 Å². The fourth-order valence-corrected chi connectivity index (χ4v) is 1.33. The lowest BCUT2D eigenvalue weighted by atomic mass is 10.1. The van der Waals surface area contributed by atoms with E-state index in [9.17, 15) is 4.79 Å². The van der Waals surface area contributed by atoms with Gasteiger partial charge in [0.2, 0.25) is 0 Å². The van der Waals surface area contributed by atoms with Gasteiger partial charge in [-0.15, -0.1) is 0 Å². The van der Waals surface area contributed by atoms with Gasteiger partial charge in [-0.3, -0.25) is 9.78 Å². The Hall–Kier alpha value is -2.34. The molecule has 2 aromatic rings. The summed E-state index contributed by atoms with van der Waals surface area (Å²) < 4.78 is 0. The Bertz CT molecular complexity index is 573. The predicted octanol–water partition coefficient (Wildman–Crippen LogP) is 1.07.